The van der Waals surface area contributed by atoms with E-state index < -0.39 is 26.6 Å². The Hall–Kier alpha value is -1.05. The molecule has 1 aromatic carbocycles. The van der Waals surface area contributed by atoms with Crippen molar-refractivity contribution in [2.75, 3.05) is 13.1 Å². The average Bonchev–Trinajstić information content (AvgIpc) is 2.26. The maximum atomic E-state index is 13.3. The summed E-state index contributed by atoms with van der Waals surface area (Å²) in [5.74, 6) is -1.91. The minimum Gasteiger partial charge on any atom is -0.313 e. The van der Waals surface area contributed by atoms with Crippen LogP contribution in [0.4, 0.5) is 8.78 Å². The minimum atomic E-state index is -3.95. The Morgan fingerprint density at radius 1 is 1.33 bits per heavy atom. The van der Waals surface area contributed by atoms with Crippen molar-refractivity contribution in [3.05, 3.63) is 29.8 Å². The lowest BCUT2D eigenvalue weighted by atomic mass is 10.3. The molecule has 0 amide bonds. The molecule has 0 unspecified atom stereocenters. The molecule has 18 heavy (non-hydrogen) atoms. The smallest absolute Gasteiger partial charge is 0.243 e. The van der Waals surface area contributed by atoms with Crippen molar-refractivity contribution in [2.24, 2.45) is 0 Å². The monoisotopic (exact) mass is 278 g/mol. The summed E-state index contributed by atoms with van der Waals surface area (Å²) < 4.78 is 51.8. The molecule has 1 atom stereocenters. The van der Waals surface area contributed by atoms with Gasteiger partial charge in [0.05, 0.1) is 0 Å². The fraction of sp³-hybridized carbons (Fsp3) is 0.455. The van der Waals surface area contributed by atoms with Crippen molar-refractivity contribution in [1.82, 2.24) is 10.0 Å². The molecule has 102 valence electrons. The summed E-state index contributed by atoms with van der Waals surface area (Å²) >= 11 is 0. The molecule has 1 rings (SSSR count). The highest BCUT2D eigenvalue weighted by molar-refractivity contribution is 7.89. The summed E-state index contributed by atoms with van der Waals surface area (Å²) in [7, 11) is -3.95. The fourth-order valence-corrected chi connectivity index (χ4v) is 2.61. The fourth-order valence-electron chi connectivity index (χ4n) is 1.43. The van der Waals surface area contributed by atoms with E-state index in [2.05, 4.69) is 10.0 Å². The molecule has 0 spiro atoms. The van der Waals surface area contributed by atoms with Gasteiger partial charge in [-0.1, -0.05) is 6.92 Å². The second-order valence-corrected chi connectivity index (χ2v) is 5.62. The molecule has 0 fully saturated rings. The Labute approximate surface area is 105 Å². The van der Waals surface area contributed by atoms with E-state index in [0.29, 0.717) is 12.6 Å². The van der Waals surface area contributed by atoms with Crippen LogP contribution in [0.5, 0.6) is 0 Å². The van der Waals surface area contributed by atoms with Crippen LogP contribution in [-0.2, 0) is 10.0 Å². The molecule has 0 saturated carbocycles. The highest BCUT2D eigenvalue weighted by Gasteiger charge is 2.19. The van der Waals surface area contributed by atoms with Crippen LogP contribution in [0.2, 0.25) is 0 Å². The Bertz CT molecular complexity index is 506. The maximum Gasteiger partial charge on any atom is 0.243 e. The summed E-state index contributed by atoms with van der Waals surface area (Å²) in [6, 6.07) is 2.28. The van der Waals surface area contributed by atoms with Crippen LogP contribution in [-0.4, -0.2) is 27.5 Å². The molecule has 0 aliphatic heterocycles. The minimum absolute atomic E-state index is 0.0757. The highest BCUT2D eigenvalue weighted by Crippen LogP contribution is 2.15. The number of nitrogens with one attached hydrogen (secondary N) is 2. The van der Waals surface area contributed by atoms with Gasteiger partial charge in [0.2, 0.25) is 10.0 Å². The molecule has 0 heterocycles. The molecule has 7 heteroatoms. The van der Waals surface area contributed by atoms with Gasteiger partial charge in [0.15, 0.2) is 0 Å². The molecule has 0 aliphatic carbocycles. The van der Waals surface area contributed by atoms with Gasteiger partial charge in [-0.3, -0.25) is 0 Å². The van der Waals surface area contributed by atoms with Crippen molar-refractivity contribution in [3.63, 3.8) is 0 Å². The summed E-state index contributed by atoms with van der Waals surface area (Å²) in [6.45, 7) is 4.53. The highest BCUT2D eigenvalue weighted by atomic mass is 32.2. The van der Waals surface area contributed by atoms with Gasteiger partial charge in [0.25, 0.3) is 0 Å². The zero-order valence-electron chi connectivity index (χ0n) is 10.2. The van der Waals surface area contributed by atoms with Crippen LogP contribution in [0.25, 0.3) is 0 Å². The first-order valence-corrected chi connectivity index (χ1v) is 7.03. The zero-order chi connectivity index (χ0) is 13.8. The van der Waals surface area contributed by atoms with Gasteiger partial charge in [-0.2, -0.15) is 0 Å². The summed E-state index contributed by atoms with van der Waals surface area (Å²) in [6.07, 6.45) is 0. The van der Waals surface area contributed by atoms with Crippen LogP contribution in [0.1, 0.15) is 13.8 Å². The van der Waals surface area contributed by atoms with Crippen LogP contribution >= 0.6 is 0 Å². The molecule has 0 bridgehead atoms. The first-order chi connectivity index (χ1) is 8.36. The number of rotatable bonds is 6. The standard InChI is InChI=1S/C11H16F2N2O2S/c1-3-14-8(2)7-15-18(16,17)11-5-4-9(12)6-10(11)13/h4-6,8,14-15H,3,7H2,1-2H3/t8-/m1/s1. The number of halogens is 2. The first-order valence-electron chi connectivity index (χ1n) is 5.55. The molecule has 0 aliphatic rings. The van der Waals surface area contributed by atoms with E-state index in [4.69, 9.17) is 0 Å². The topological polar surface area (TPSA) is 58.2 Å². The quantitative estimate of drug-likeness (QED) is 0.823. The Morgan fingerprint density at radius 2 is 2.00 bits per heavy atom. The molecule has 2 N–H and O–H groups in total. The van der Waals surface area contributed by atoms with Crippen molar-refractivity contribution in [3.8, 4) is 0 Å². The molecule has 4 nitrogen and oxygen atoms in total. The van der Waals surface area contributed by atoms with Gasteiger partial charge in [0.1, 0.15) is 16.5 Å². The average molecular weight is 278 g/mol. The third-order valence-electron chi connectivity index (χ3n) is 2.32. The van der Waals surface area contributed by atoms with Crippen LogP contribution in [0, 0.1) is 11.6 Å². The summed E-state index contributed by atoms with van der Waals surface area (Å²) in [4.78, 5) is -0.549. The number of hydrogen-bond donors (Lipinski definition) is 2. The van der Waals surface area contributed by atoms with Crippen molar-refractivity contribution < 1.29 is 17.2 Å². The first kappa shape index (κ1) is 15.0. The molecule has 1 aromatic rings. The zero-order valence-corrected chi connectivity index (χ0v) is 11.0. The number of likely N-dealkylation sites (N-methyl/N-ethyl adjacent to an activating group) is 1. The number of sulfonamides is 1. The van der Waals surface area contributed by atoms with E-state index in [1.807, 2.05) is 6.92 Å². The normalized spacial score (nSPS) is 13.6. The lowest BCUT2D eigenvalue weighted by Gasteiger charge is -2.13. The second kappa shape index (κ2) is 6.21. The predicted molar refractivity (Wildman–Crippen MR) is 64.7 cm³/mol. The molecular weight excluding hydrogens is 262 g/mol. The van der Waals surface area contributed by atoms with Crippen molar-refractivity contribution in [1.29, 1.82) is 0 Å². The molecule has 0 saturated heterocycles. The third-order valence-corrected chi connectivity index (χ3v) is 3.77. The van der Waals surface area contributed by atoms with Gasteiger partial charge in [-0.25, -0.2) is 21.9 Å². The van der Waals surface area contributed by atoms with E-state index in [1.165, 1.54) is 0 Å². The maximum absolute atomic E-state index is 13.3. The predicted octanol–water partition coefficient (Wildman–Crippen LogP) is 1.24. The molecule has 0 radical (unpaired) electrons. The lowest BCUT2D eigenvalue weighted by molar-refractivity contribution is 0.524. The van der Waals surface area contributed by atoms with E-state index in [1.54, 1.807) is 6.92 Å². The third kappa shape index (κ3) is 4.01. The second-order valence-electron chi connectivity index (χ2n) is 3.89. The van der Waals surface area contributed by atoms with Crippen molar-refractivity contribution >= 4 is 10.0 Å². The Balaban J connectivity index is 2.80. The summed E-state index contributed by atoms with van der Waals surface area (Å²) in [5, 5.41) is 3.01. The van der Waals surface area contributed by atoms with Gasteiger partial charge >= 0.3 is 0 Å². The van der Waals surface area contributed by atoms with Crippen LogP contribution < -0.4 is 10.0 Å². The van der Waals surface area contributed by atoms with Gasteiger partial charge in [0, 0.05) is 18.7 Å². The summed E-state index contributed by atoms with van der Waals surface area (Å²) in [5.41, 5.74) is 0. The van der Waals surface area contributed by atoms with E-state index in [-0.39, 0.29) is 12.6 Å². The Kier molecular flexibility index (Phi) is 5.18. The van der Waals surface area contributed by atoms with Gasteiger partial charge in [-0.05, 0) is 25.6 Å². The van der Waals surface area contributed by atoms with E-state index in [0.717, 1.165) is 12.1 Å². The lowest BCUT2D eigenvalue weighted by Crippen LogP contribution is -2.39. The SMILES string of the molecule is CCN[C@H](C)CNS(=O)(=O)c1ccc(F)cc1F. The van der Waals surface area contributed by atoms with Crippen LogP contribution in [0.3, 0.4) is 0 Å². The molecule has 0 aromatic heterocycles. The van der Waals surface area contributed by atoms with Crippen molar-refractivity contribution in [2.45, 2.75) is 24.8 Å². The van der Waals surface area contributed by atoms with E-state index >= 15 is 0 Å². The van der Waals surface area contributed by atoms with Gasteiger partial charge in [-0.15, -0.1) is 0 Å². The Morgan fingerprint density at radius 3 is 2.56 bits per heavy atom. The van der Waals surface area contributed by atoms with E-state index in [9.17, 15) is 17.2 Å². The largest absolute Gasteiger partial charge is 0.313 e. The molecular formula is C11H16F2N2O2S. The number of benzene rings is 1. The number of hydrogen-bond acceptors (Lipinski definition) is 3. The van der Waals surface area contributed by atoms with Gasteiger partial charge < -0.3 is 5.32 Å². The van der Waals surface area contributed by atoms with Crippen LogP contribution in [0.15, 0.2) is 23.1 Å².